The highest BCUT2D eigenvalue weighted by Gasteiger charge is 2.19. The zero-order chi connectivity index (χ0) is 14.5. The number of carbonyl (C=O) groups is 3. The SMILES string of the molecule is CC(=O)c1cc(C=O)cc(C(=O)OC2CCCCC2)c1. The summed E-state index contributed by atoms with van der Waals surface area (Å²) in [5.74, 6) is -0.636. The normalized spacial score (nSPS) is 15.7. The van der Waals surface area contributed by atoms with E-state index in [-0.39, 0.29) is 17.5 Å². The van der Waals surface area contributed by atoms with Crippen LogP contribution < -0.4 is 0 Å². The van der Waals surface area contributed by atoms with E-state index in [9.17, 15) is 14.4 Å². The van der Waals surface area contributed by atoms with Gasteiger partial charge in [0.2, 0.25) is 0 Å². The first-order chi connectivity index (χ1) is 9.60. The monoisotopic (exact) mass is 274 g/mol. The molecule has 1 fully saturated rings. The minimum atomic E-state index is -0.455. The van der Waals surface area contributed by atoms with Gasteiger partial charge in [0.25, 0.3) is 0 Å². The molecule has 0 amide bonds. The highest BCUT2D eigenvalue weighted by molar-refractivity contribution is 6.00. The molecule has 0 unspecified atom stereocenters. The van der Waals surface area contributed by atoms with Crippen molar-refractivity contribution in [3.05, 3.63) is 34.9 Å². The molecule has 1 aromatic carbocycles. The lowest BCUT2D eigenvalue weighted by Gasteiger charge is -2.21. The van der Waals surface area contributed by atoms with E-state index < -0.39 is 5.97 Å². The molecular formula is C16H18O4. The molecule has 2 rings (SSSR count). The number of aldehydes is 1. The third-order valence-electron chi connectivity index (χ3n) is 3.56. The van der Waals surface area contributed by atoms with Gasteiger partial charge in [0.1, 0.15) is 12.4 Å². The number of benzene rings is 1. The van der Waals surface area contributed by atoms with Crippen LogP contribution in [0.4, 0.5) is 0 Å². The molecule has 106 valence electrons. The molecule has 1 saturated carbocycles. The van der Waals surface area contributed by atoms with Crippen molar-refractivity contribution in [2.45, 2.75) is 45.1 Å². The number of ketones is 1. The minimum Gasteiger partial charge on any atom is -0.459 e. The third-order valence-corrected chi connectivity index (χ3v) is 3.56. The van der Waals surface area contributed by atoms with Gasteiger partial charge in [-0.25, -0.2) is 4.79 Å². The van der Waals surface area contributed by atoms with Crippen molar-refractivity contribution in [3.8, 4) is 0 Å². The molecule has 1 aliphatic rings. The van der Waals surface area contributed by atoms with Crippen molar-refractivity contribution in [2.75, 3.05) is 0 Å². The number of hydrogen-bond acceptors (Lipinski definition) is 4. The first kappa shape index (κ1) is 14.4. The van der Waals surface area contributed by atoms with Crippen LogP contribution in [-0.4, -0.2) is 24.1 Å². The summed E-state index contributed by atoms with van der Waals surface area (Å²) in [5.41, 5.74) is 0.934. The van der Waals surface area contributed by atoms with Crippen LogP contribution in [-0.2, 0) is 4.74 Å². The second-order valence-electron chi connectivity index (χ2n) is 5.18. The summed E-state index contributed by atoms with van der Waals surface area (Å²) in [6.45, 7) is 1.40. The fourth-order valence-electron chi connectivity index (χ4n) is 2.44. The number of ether oxygens (including phenoxy) is 1. The highest BCUT2D eigenvalue weighted by atomic mass is 16.5. The summed E-state index contributed by atoms with van der Waals surface area (Å²) in [6.07, 6.45) is 5.69. The van der Waals surface area contributed by atoms with E-state index in [0.29, 0.717) is 17.4 Å². The van der Waals surface area contributed by atoms with Crippen molar-refractivity contribution in [1.29, 1.82) is 0 Å². The molecule has 0 aliphatic heterocycles. The standard InChI is InChI=1S/C16H18O4/c1-11(18)13-7-12(10-17)8-14(9-13)16(19)20-15-5-3-2-4-6-15/h7-10,15H,2-6H2,1H3. The van der Waals surface area contributed by atoms with E-state index in [1.807, 2.05) is 0 Å². The topological polar surface area (TPSA) is 60.4 Å². The fraction of sp³-hybridized carbons (Fsp3) is 0.438. The van der Waals surface area contributed by atoms with Crippen LogP contribution in [0.3, 0.4) is 0 Å². The first-order valence-electron chi connectivity index (χ1n) is 6.92. The Bertz CT molecular complexity index is 527. The highest BCUT2D eigenvalue weighted by Crippen LogP contribution is 2.22. The summed E-state index contributed by atoms with van der Waals surface area (Å²) in [4.78, 5) is 34.4. The van der Waals surface area contributed by atoms with Gasteiger partial charge in [-0.2, -0.15) is 0 Å². The van der Waals surface area contributed by atoms with Gasteiger partial charge in [-0.1, -0.05) is 6.42 Å². The van der Waals surface area contributed by atoms with Gasteiger partial charge in [-0.15, -0.1) is 0 Å². The van der Waals surface area contributed by atoms with Gasteiger partial charge < -0.3 is 4.74 Å². The van der Waals surface area contributed by atoms with Crippen LogP contribution in [0.5, 0.6) is 0 Å². The third kappa shape index (κ3) is 3.53. The lowest BCUT2D eigenvalue weighted by molar-refractivity contribution is 0.0211. The Morgan fingerprint density at radius 1 is 1.10 bits per heavy atom. The van der Waals surface area contributed by atoms with Crippen LogP contribution >= 0.6 is 0 Å². The van der Waals surface area contributed by atoms with Crippen molar-refractivity contribution >= 4 is 18.0 Å². The van der Waals surface area contributed by atoms with Gasteiger partial charge in [-0.3, -0.25) is 9.59 Å². The average Bonchev–Trinajstić information content (AvgIpc) is 2.47. The van der Waals surface area contributed by atoms with Crippen LogP contribution in [0.1, 0.15) is 70.1 Å². The van der Waals surface area contributed by atoms with E-state index in [2.05, 4.69) is 0 Å². The van der Waals surface area contributed by atoms with Crippen LogP contribution in [0.25, 0.3) is 0 Å². The molecule has 0 atom stereocenters. The minimum absolute atomic E-state index is 0.0445. The zero-order valence-corrected chi connectivity index (χ0v) is 11.6. The van der Waals surface area contributed by atoms with Crippen molar-refractivity contribution in [1.82, 2.24) is 0 Å². The van der Waals surface area contributed by atoms with E-state index in [4.69, 9.17) is 4.74 Å². The van der Waals surface area contributed by atoms with E-state index in [1.165, 1.54) is 31.5 Å². The van der Waals surface area contributed by atoms with Crippen LogP contribution in [0.15, 0.2) is 18.2 Å². The number of rotatable bonds is 4. The summed E-state index contributed by atoms with van der Waals surface area (Å²) in [7, 11) is 0. The Hall–Kier alpha value is -1.97. The molecule has 4 heteroatoms. The van der Waals surface area contributed by atoms with Crippen LogP contribution in [0, 0.1) is 0 Å². The molecular weight excluding hydrogens is 256 g/mol. The molecule has 0 radical (unpaired) electrons. The summed E-state index contributed by atoms with van der Waals surface area (Å²) in [5, 5.41) is 0. The largest absolute Gasteiger partial charge is 0.459 e. The Labute approximate surface area is 118 Å². The predicted octanol–water partition coefficient (Wildman–Crippen LogP) is 3.19. The summed E-state index contributed by atoms with van der Waals surface area (Å²) < 4.78 is 5.45. The van der Waals surface area contributed by atoms with Crippen LogP contribution in [0.2, 0.25) is 0 Å². The molecule has 0 N–H and O–H groups in total. The maximum atomic E-state index is 12.1. The van der Waals surface area contributed by atoms with Crippen molar-refractivity contribution < 1.29 is 19.1 Å². The molecule has 4 nitrogen and oxygen atoms in total. The Morgan fingerprint density at radius 2 is 1.75 bits per heavy atom. The molecule has 0 heterocycles. The molecule has 0 spiro atoms. The molecule has 1 aliphatic carbocycles. The number of hydrogen-bond donors (Lipinski definition) is 0. The fourth-order valence-corrected chi connectivity index (χ4v) is 2.44. The van der Waals surface area contributed by atoms with E-state index in [1.54, 1.807) is 0 Å². The van der Waals surface area contributed by atoms with Gasteiger partial charge in [-0.05, 0) is 50.8 Å². The molecule has 20 heavy (non-hydrogen) atoms. The smallest absolute Gasteiger partial charge is 0.338 e. The van der Waals surface area contributed by atoms with Gasteiger partial charge in [0.05, 0.1) is 5.56 Å². The Morgan fingerprint density at radius 3 is 2.35 bits per heavy atom. The average molecular weight is 274 g/mol. The lowest BCUT2D eigenvalue weighted by atomic mass is 9.97. The summed E-state index contributed by atoms with van der Waals surface area (Å²) >= 11 is 0. The second kappa shape index (κ2) is 6.46. The molecule has 0 saturated heterocycles. The zero-order valence-electron chi connectivity index (χ0n) is 11.6. The van der Waals surface area contributed by atoms with Crippen molar-refractivity contribution in [2.24, 2.45) is 0 Å². The van der Waals surface area contributed by atoms with Gasteiger partial charge in [0.15, 0.2) is 5.78 Å². The number of carbonyl (C=O) groups excluding carboxylic acids is 3. The van der Waals surface area contributed by atoms with Gasteiger partial charge >= 0.3 is 5.97 Å². The van der Waals surface area contributed by atoms with E-state index >= 15 is 0 Å². The molecule has 1 aromatic rings. The first-order valence-corrected chi connectivity index (χ1v) is 6.92. The molecule has 0 bridgehead atoms. The maximum Gasteiger partial charge on any atom is 0.338 e. The van der Waals surface area contributed by atoms with E-state index in [0.717, 1.165) is 25.7 Å². The number of Topliss-reactive ketones (excluding diaryl/α,β-unsaturated/α-hetero) is 1. The number of esters is 1. The predicted molar refractivity (Wildman–Crippen MR) is 74.1 cm³/mol. The quantitative estimate of drug-likeness (QED) is 0.480. The maximum absolute atomic E-state index is 12.1. The Kier molecular flexibility index (Phi) is 4.66. The second-order valence-corrected chi connectivity index (χ2v) is 5.18. The Balaban J connectivity index is 2.17. The molecule has 0 aromatic heterocycles. The van der Waals surface area contributed by atoms with Gasteiger partial charge in [0, 0.05) is 11.1 Å². The lowest BCUT2D eigenvalue weighted by Crippen LogP contribution is -2.21. The van der Waals surface area contributed by atoms with Crippen molar-refractivity contribution in [3.63, 3.8) is 0 Å². The summed E-state index contributed by atoms with van der Waals surface area (Å²) in [6, 6.07) is 4.43.